The number of aliphatic hydroxyl groups excluding tert-OH is 1. The summed E-state index contributed by atoms with van der Waals surface area (Å²) < 4.78 is 5.36. The van der Waals surface area contributed by atoms with Gasteiger partial charge in [-0.25, -0.2) is 0 Å². The zero-order chi connectivity index (χ0) is 16.8. The number of morpholine rings is 1. The Kier molecular flexibility index (Phi) is 6.57. The van der Waals surface area contributed by atoms with Gasteiger partial charge >= 0.3 is 0 Å². The highest BCUT2D eigenvalue weighted by atomic mass is 16.5. The molecule has 1 N–H and O–H groups in total. The Hall–Kier alpha value is -1.05. The third kappa shape index (κ3) is 4.97. The monoisotopic (exact) mass is 334 g/mol. The van der Waals surface area contributed by atoms with E-state index in [4.69, 9.17) is 4.74 Å². The standard InChI is InChI=1S/C18H30N4O2/c1-16(17-3-2-4-19-13-17)22-7-5-20(6-8-22)14-18(23)15-21-9-11-24-12-10-21/h2-4,13,16,18,23H,5-12,14-15H2,1H3. The SMILES string of the molecule is CC(c1cccnc1)N1CCN(CC(O)CN2CCOCC2)CC1. The number of hydrogen-bond donors (Lipinski definition) is 1. The molecule has 2 atom stereocenters. The van der Waals surface area contributed by atoms with E-state index in [0.29, 0.717) is 6.04 Å². The van der Waals surface area contributed by atoms with Crippen LogP contribution >= 0.6 is 0 Å². The van der Waals surface area contributed by atoms with Crippen molar-refractivity contribution in [3.05, 3.63) is 30.1 Å². The van der Waals surface area contributed by atoms with Crippen LogP contribution in [0.1, 0.15) is 18.5 Å². The fourth-order valence-electron chi connectivity index (χ4n) is 3.60. The summed E-state index contributed by atoms with van der Waals surface area (Å²) in [6.07, 6.45) is 3.51. The first-order valence-electron chi connectivity index (χ1n) is 9.07. The molecular formula is C18H30N4O2. The van der Waals surface area contributed by atoms with Gasteiger partial charge in [0, 0.05) is 70.8 Å². The van der Waals surface area contributed by atoms with Crippen LogP contribution in [0, 0.1) is 0 Å². The van der Waals surface area contributed by atoms with Gasteiger partial charge in [0.25, 0.3) is 0 Å². The van der Waals surface area contributed by atoms with Gasteiger partial charge < -0.3 is 9.84 Å². The van der Waals surface area contributed by atoms with Crippen LogP contribution in [0.15, 0.2) is 24.5 Å². The van der Waals surface area contributed by atoms with Crippen molar-refractivity contribution in [3.63, 3.8) is 0 Å². The lowest BCUT2D eigenvalue weighted by Gasteiger charge is -2.39. The Bertz CT molecular complexity index is 473. The van der Waals surface area contributed by atoms with Gasteiger partial charge in [-0.1, -0.05) is 6.07 Å². The van der Waals surface area contributed by atoms with E-state index in [-0.39, 0.29) is 6.10 Å². The second-order valence-electron chi connectivity index (χ2n) is 6.87. The molecule has 3 heterocycles. The fraction of sp³-hybridized carbons (Fsp3) is 0.722. The first-order chi connectivity index (χ1) is 11.7. The summed E-state index contributed by atoms with van der Waals surface area (Å²) in [5.74, 6) is 0. The summed E-state index contributed by atoms with van der Waals surface area (Å²) in [6.45, 7) is 11.4. The molecule has 3 rings (SSSR count). The van der Waals surface area contributed by atoms with E-state index in [2.05, 4.69) is 32.7 Å². The Labute approximate surface area is 145 Å². The molecule has 0 spiro atoms. The van der Waals surface area contributed by atoms with Gasteiger partial charge in [-0.15, -0.1) is 0 Å². The van der Waals surface area contributed by atoms with Crippen LogP contribution < -0.4 is 0 Å². The molecule has 0 aliphatic carbocycles. The molecule has 1 aromatic rings. The third-order valence-electron chi connectivity index (χ3n) is 5.16. The van der Waals surface area contributed by atoms with Crippen LogP contribution in [0.2, 0.25) is 0 Å². The van der Waals surface area contributed by atoms with Crippen LogP contribution in [0.3, 0.4) is 0 Å². The van der Waals surface area contributed by atoms with E-state index in [9.17, 15) is 5.11 Å². The van der Waals surface area contributed by atoms with E-state index >= 15 is 0 Å². The van der Waals surface area contributed by atoms with Crippen molar-refractivity contribution in [2.45, 2.75) is 19.1 Å². The number of nitrogens with zero attached hydrogens (tertiary/aromatic N) is 4. The van der Waals surface area contributed by atoms with Gasteiger partial charge in [0.2, 0.25) is 0 Å². The number of hydrogen-bond acceptors (Lipinski definition) is 6. The first kappa shape index (κ1) is 17.8. The van der Waals surface area contributed by atoms with Gasteiger partial charge in [-0.05, 0) is 18.6 Å². The number of aromatic nitrogens is 1. The molecule has 24 heavy (non-hydrogen) atoms. The number of piperazine rings is 1. The maximum atomic E-state index is 10.4. The molecule has 0 aromatic carbocycles. The molecule has 0 bridgehead atoms. The van der Waals surface area contributed by atoms with Gasteiger partial charge in [0.1, 0.15) is 0 Å². The van der Waals surface area contributed by atoms with E-state index in [1.54, 1.807) is 0 Å². The van der Waals surface area contributed by atoms with Crippen molar-refractivity contribution >= 4 is 0 Å². The summed E-state index contributed by atoms with van der Waals surface area (Å²) in [5.41, 5.74) is 1.28. The molecule has 1 aromatic heterocycles. The van der Waals surface area contributed by atoms with E-state index < -0.39 is 0 Å². The van der Waals surface area contributed by atoms with Crippen molar-refractivity contribution in [3.8, 4) is 0 Å². The molecule has 6 nitrogen and oxygen atoms in total. The predicted octanol–water partition coefficient (Wildman–Crippen LogP) is 0.453. The number of pyridine rings is 1. The molecule has 0 saturated carbocycles. The van der Waals surface area contributed by atoms with Gasteiger partial charge in [-0.3, -0.25) is 19.7 Å². The summed E-state index contributed by atoms with van der Waals surface area (Å²) in [7, 11) is 0. The van der Waals surface area contributed by atoms with Gasteiger partial charge in [-0.2, -0.15) is 0 Å². The average Bonchev–Trinajstić information content (AvgIpc) is 2.63. The van der Waals surface area contributed by atoms with Gasteiger partial charge in [0.15, 0.2) is 0 Å². The van der Waals surface area contributed by atoms with E-state index in [1.807, 2.05) is 18.5 Å². The summed E-state index contributed by atoms with van der Waals surface area (Å²) in [4.78, 5) is 11.4. The number of β-amino-alcohol motifs (C(OH)–C–C–N with tert-alkyl or cyclic N) is 1. The minimum absolute atomic E-state index is 0.273. The van der Waals surface area contributed by atoms with Crippen LogP contribution in [0.5, 0.6) is 0 Å². The predicted molar refractivity (Wildman–Crippen MR) is 93.9 cm³/mol. The Morgan fingerprint density at radius 2 is 1.75 bits per heavy atom. The molecule has 2 unspecified atom stereocenters. The minimum Gasteiger partial charge on any atom is -0.390 e. The van der Waals surface area contributed by atoms with E-state index in [1.165, 1.54) is 5.56 Å². The smallest absolute Gasteiger partial charge is 0.0793 e. The van der Waals surface area contributed by atoms with E-state index in [0.717, 1.165) is 65.6 Å². The Morgan fingerprint density at radius 3 is 2.38 bits per heavy atom. The highest BCUT2D eigenvalue weighted by Gasteiger charge is 2.24. The first-order valence-corrected chi connectivity index (χ1v) is 9.07. The largest absolute Gasteiger partial charge is 0.390 e. The van der Waals surface area contributed by atoms with Crippen LogP contribution in [-0.2, 0) is 4.74 Å². The quantitative estimate of drug-likeness (QED) is 0.815. The van der Waals surface area contributed by atoms with Crippen molar-refractivity contribution < 1.29 is 9.84 Å². The topological polar surface area (TPSA) is 52.1 Å². The molecule has 2 aliphatic heterocycles. The molecule has 2 aliphatic rings. The zero-order valence-corrected chi connectivity index (χ0v) is 14.7. The molecule has 0 radical (unpaired) electrons. The second kappa shape index (κ2) is 8.87. The molecule has 0 amide bonds. The van der Waals surface area contributed by atoms with Crippen molar-refractivity contribution in [2.75, 3.05) is 65.6 Å². The summed E-state index contributed by atoms with van der Waals surface area (Å²) >= 11 is 0. The summed E-state index contributed by atoms with van der Waals surface area (Å²) in [5, 5.41) is 10.4. The summed E-state index contributed by atoms with van der Waals surface area (Å²) in [6, 6.07) is 4.55. The van der Waals surface area contributed by atoms with Crippen molar-refractivity contribution in [2.24, 2.45) is 0 Å². The molecule has 134 valence electrons. The van der Waals surface area contributed by atoms with Crippen molar-refractivity contribution in [1.82, 2.24) is 19.7 Å². The maximum absolute atomic E-state index is 10.4. The third-order valence-corrected chi connectivity index (χ3v) is 5.16. The number of ether oxygens (including phenoxy) is 1. The molecule has 2 fully saturated rings. The minimum atomic E-state index is -0.273. The maximum Gasteiger partial charge on any atom is 0.0793 e. The lowest BCUT2D eigenvalue weighted by Crippen LogP contribution is -2.51. The van der Waals surface area contributed by atoms with Crippen LogP contribution in [-0.4, -0.2) is 96.5 Å². The highest BCUT2D eigenvalue weighted by molar-refractivity contribution is 5.13. The van der Waals surface area contributed by atoms with Crippen LogP contribution in [0.4, 0.5) is 0 Å². The zero-order valence-electron chi connectivity index (χ0n) is 14.7. The lowest BCUT2D eigenvalue weighted by molar-refractivity contribution is 0.000798. The Balaban J connectivity index is 1.40. The Morgan fingerprint density at radius 1 is 1.08 bits per heavy atom. The lowest BCUT2D eigenvalue weighted by atomic mass is 10.1. The number of rotatable bonds is 6. The average molecular weight is 334 g/mol. The van der Waals surface area contributed by atoms with Gasteiger partial charge in [0.05, 0.1) is 19.3 Å². The van der Waals surface area contributed by atoms with Crippen LogP contribution in [0.25, 0.3) is 0 Å². The molecule has 2 saturated heterocycles. The fourth-order valence-corrected chi connectivity index (χ4v) is 3.60. The normalized spacial score (nSPS) is 23.9. The van der Waals surface area contributed by atoms with Crippen molar-refractivity contribution in [1.29, 1.82) is 0 Å². The molecular weight excluding hydrogens is 304 g/mol. The molecule has 6 heteroatoms. The highest BCUT2D eigenvalue weighted by Crippen LogP contribution is 2.20. The second-order valence-corrected chi connectivity index (χ2v) is 6.87. The number of aliphatic hydroxyl groups is 1.